The monoisotopic (exact) mass is 239 g/mol. The molecule has 0 amide bonds. The van der Waals surface area contributed by atoms with Gasteiger partial charge in [0.1, 0.15) is 12.1 Å². The van der Waals surface area contributed by atoms with Gasteiger partial charge in [-0.2, -0.15) is 5.26 Å². The van der Waals surface area contributed by atoms with E-state index in [2.05, 4.69) is 0 Å². The smallest absolute Gasteiger partial charge is 0.272 e. The summed E-state index contributed by atoms with van der Waals surface area (Å²) in [5.41, 5.74) is 3.86. The van der Waals surface area contributed by atoms with E-state index in [-0.39, 0.29) is 18.0 Å². The van der Waals surface area contributed by atoms with Crippen molar-refractivity contribution >= 4 is 5.69 Å². The van der Waals surface area contributed by atoms with Gasteiger partial charge in [0.05, 0.1) is 17.1 Å². The van der Waals surface area contributed by atoms with Crippen LogP contribution in [-0.4, -0.2) is 17.1 Å². The third kappa shape index (κ3) is 3.39. The summed E-state index contributed by atoms with van der Waals surface area (Å²) in [5, 5.41) is 19.0. The van der Waals surface area contributed by atoms with Crippen LogP contribution < -0.4 is 10.5 Å². The Labute approximate surface area is 96.6 Å². The number of hydrogen-bond donors (Lipinski definition) is 1. The van der Waals surface area contributed by atoms with Crippen molar-refractivity contribution in [1.82, 2.24) is 0 Å². The fourth-order valence-electron chi connectivity index (χ4n) is 0.980. The van der Waals surface area contributed by atoms with Crippen molar-refractivity contribution < 1.29 is 14.1 Å². The number of rotatable bonds is 4. The first-order chi connectivity index (χ1) is 7.85. The number of nitriles is 1. The van der Waals surface area contributed by atoms with Crippen LogP contribution in [0.1, 0.15) is 6.92 Å². The molecule has 6 nitrogen and oxygen atoms in total. The summed E-state index contributed by atoms with van der Waals surface area (Å²) in [7, 11) is 0. The maximum Gasteiger partial charge on any atom is 0.272 e. The summed E-state index contributed by atoms with van der Waals surface area (Å²) >= 11 is 0. The predicted octanol–water partition coefficient (Wildman–Crippen LogP) is 1.35. The quantitative estimate of drug-likeness (QED) is 0.631. The molecule has 0 radical (unpaired) electrons. The molecule has 1 aromatic carbocycles. The molecule has 0 aliphatic rings. The summed E-state index contributed by atoms with van der Waals surface area (Å²) in [4.78, 5) is 9.65. The molecule has 1 aromatic rings. The lowest BCUT2D eigenvalue weighted by Crippen LogP contribution is -2.40. The van der Waals surface area contributed by atoms with Gasteiger partial charge in [-0.15, -0.1) is 0 Å². The molecule has 0 bridgehead atoms. The number of nitro benzene ring substituents is 1. The Hall–Kier alpha value is -2.20. The van der Waals surface area contributed by atoms with Gasteiger partial charge < -0.3 is 10.5 Å². The van der Waals surface area contributed by atoms with Crippen molar-refractivity contribution in [3.63, 3.8) is 0 Å². The number of nitrogens with zero attached hydrogens (tertiary/aromatic N) is 2. The van der Waals surface area contributed by atoms with E-state index in [1.54, 1.807) is 6.07 Å². The van der Waals surface area contributed by atoms with Gasteiger partial charge >= 0.3 is 0 Å². The Morgan fingerprint density at radius 2 is 2.35 bits per heavy atom. The zero-order valence-corrected chi connectivity index (χ0v) is 9.01. The van der Waals surface area contributed by atoms with Crippen molar-refractivity contribution in [3.05, 3.63) is 34.1 Å². The highest BCUT2D eigenvalue weighted by molar-refractivity contribution is 5.37. The average Bonchev–Trinajstić information content (AvgIpc) is 2.27. The minimum Gasteiger partial charge on any atom is -0.487 e. The molecule has 0 saturated heterocycles. The Balaban J connectivity index is 2.81. The maximum absolute atomic E-state index is 13.3. The predicted molar refractivity (Wildman–Crippen MR) is 56.8 cm³/mol. The lowest BCUT2D eigenvalue weighted by Gasteiger charge is -2.16. The molecule has 0 fully saturated rings. The maximum atomic E-state index is 13.3. The zero-order chi connectivity index (χ0) is 13.1. The molecule has 17 heavy (non-hydrogen) atoms. The van der Waals surface area contributed by atoms with Gasteiger partial charge in [0.2, 0.25) is 0 Å². The molecule has 90 valence electrons. The van der Waals surface area contributed by atoms with Gasteiger partial charge in [0, 0.05) is 6.07 Å². The topological polar surface area (TPSA) is 102 Å². The van der Waals surface area contributed by atoms with Crippen LogP contribution in [0.2, 0.25) is 0 Å². The van der Waals surface area contributed by atoms with Crippen LogP contribution in [0.4, 0.5) is 10.1 Å². The second-order valence-electron chi connectivity index (χ2n) is 3.69. The summed E-state index contributed by atoms with van der Waals surface area (Å²) in [6, 6.07) is 4.76. The molecule has 0 aliphatic carbocycles. The Bertz CT molecular complexity index is 482. The first-order valence-corrected chi connectivity index (χ1v) is 4.62. The molecular weight excluding hydrogens is 229 g/mol. The lowest BCUT2D eigenvalue weighted by atomic mass is 10.1. The molecule has 1 unspecified atom stereocenters. The molecule has 0 aromatic heterocycles. The average molecular weight is 239 g/mol. The van der Waals surface area contributed by atoms with Crippen LogP contribution in [0.3, 0.4) is 0 Å². The van der Waals surface area contributed by atoms with Crippen LogP contribution in [0.15, 0.2) is 18.2 Å². The minimum atomic E-state index is -1.24. The summed E-state index contributed by atoms with van der Waals surface area (Å²) in [6.45, 7) is 1.22. The van der Waals surface area contributed by atoms with E-state index in [1.807, 2.05) is 0 Å². The molecule has 0 heterocycles. The third-order valence-corrected chi connectivity index (χ3v) is 1.91. The largest absolute Gasteiger partial charge is 0.487 e. The first-order valence-electron chi connectivity index (χ1n) is 4.62. The zero-order valence-electron chi connectivity index (χ0n) is 9.01. The number of benzene rings is 1. The van der Waals surface area contributed by atoms with Gasteiger partial charge in [0.15, 0.2) is 11.6 Å². The first kappa shape index (κ1) is 12.9. The van der Waals surface area contributed by atoms with E-state index < -0.39 is 16.3 Å². The highest BCUT2D eigenvalue weighted by atomic mass is 19.1. The fraction of sp³-hybridized carbons (Fsp3) is 0.300. The van der Waals surface area contributed by atoms with Gasteiger partial charge in [-0.25, -0.2) is 4.39 Å². The molecule has 7 heteroatoms. The second-order valence-corrected chi connectivity index (χ2v) is 3.69. The fourth-order valence-corrected chi connectivity index (χ4v) is 0.980. The highest BCUT2D eigenvalue weighted by Gasteiger charge is 2.20. The van der Waals surface area contributed by atoms with Gasteiger partial charge in [0.25, 0.3) is 5.69 Å². The van der Waals surface area contributed by atoms with Crippen molar-refractivity contribution in [2.75, 3.05) is 6.61 Å². The molecule has 1 rings (SSSR count). The normalized spacial score (nSPS) is 13.5. The standard InChI is InChI=1S/C10H10FN3O3/c1-10(13,5-12)6-17-9-3-2-7(14(15)16)4-8(9)11/h2-4H,6,13H2,1H3. The number of non-ortho nitro benzene ring substituents is 1. The van der Waals surface area contributed by atoms with E-state index in [0.717, 1.165) is 18.2 Å². The van der Waals surface area contributed by atoms with E-state index in [4.69, 9.17) is 15.7 Å². The third-order valence-electron chi connectivity index (χ3n) is 1.91. The van der Waals surface area contributed by atoms with E-state index in [1.165, 1.54) is 6.92 Å². The summed E-state index contributed by atoms with van der Waals surface area (Å²) < 4.78 is 18.3. The van der Waals surface area contributed by atoms with Crippen LogP contribution in [0.25, 0.3) is 0 Å². The van der Waals surface area contributed by atoms with Gasteiger partial charge in [-0.1, -0.05) is 0 Å². The molecule has 2 N–H and O–H groups in total. The van der Waals surface area contributed by atoms with E-state index in [9.17, 15) is 14.5 Å². The SMILES string of the molecule is CC(N)(C#N)COc1ccc([N+](=O)[O-])cc1F. The van der Waals surface area contributed by atoms with Gasteiger partial charge in [-0.3, -0.25) is 10.1 Å². The van der Waals surface area contributed by atoms with Crippen LogP contribution >= 0.6 is 0 Å². The van der Waals surface area contributed by atoms with Crippen LogP contribution in [0, 0.1) is 27.3 Å². The Kier molecular flexibility index (Phi) is 3.60. The van der Waals surface area contributed by atoms with Crippen molar-refractivity contribution in [3.8, 4) is 11.8 Å². The Morgan fingerprint density at radius 1 is 1.71 bits per heavy atom. The minimum absolute atomic E-state index is 0.178. The highest BCUT2D eigenvalue weighted by Crippen LogP contribution is 2.22. The number of ether oxygens (including phenoxy) is 1. The number of nitro groups is 1. The second kappa shape index (κ2) is 4.76. The molecule has 0 aliphatic heterocycles. The van der Waals surface area contributed by atoms with Crippen LogP contribution in [0.5, 0.6) is 5.75 Å². The molecule has 0 saturated carbocycles. The molecular formula is C10H10FN3O3. The van der Waals surface area contributed by atoms with E-state index >= 15 is 0 Å². The van der Waals surface area contributed by atoms with Crippen molar-refractivity contribution in [2.45, 2.75) is 12.5 Å². The van der Waals surface area contributed by atoms with Crippen molar-refractivity contribution in [2.24, 2.45) is 5.73 Å². The Morgan fingerprint density at radius 3 is 2.82 bits per heavy atom. The number of halogens is 1. The van der Waals surface area contributed by atoms with Crippen molar-refractivity contribution in [1.29, 1.82) is 5.26 Å². The molecule has 0 spiro atoms. The summed E-state index contributed by atoms with van der Waals surface area (Å²) in [5.74, 6) is -1.05. The number of hydrogen-bond acceptors (Lipinski definition) is 5. The molecule has 1 atom stereocenters. The van der Waals surface area contributed by atoms with Crippen LogP contribution in [-0.2, 0) is 0 Å². The van der Waals surface area contributed by atoms with E-state index in [0.29, 0.717) is 0 Å². The van der Waals surface area contributed by atoms with Gasteiger partial charge in [-0.05, 0) is 13.0 Å². The lowest BCUT2D eigenvalue weighted by molar-refractivity contribution is -0.385. The summed E-state index contributed by atoms with van der Waals surface area (Å²) in [6.07, 6.45) is 0. The number of nitrogens with two attached hydrogens (primary N) is 1.